The molecule has 24 heavy (non-hydrogen) atoms. The molecule has 0 spiro atoms. The summed E-state index contributed by atoms with van der Waals surface area (Å²) in [7, 11) is 0. The van der Waals surface area contributed by atoms with E-state index in [0.717, 1.165) is 0 Å². The van der Waals surface area contributed by atoms with E-state index in [1.807, 2.05) is 6.07 Å². The van der Waals surface area contributed by atoms with E-state index in [1.165, 1.54) is 6.07 Å². The van der Waals surface area contributed by atoms with E-state index in [9.17, 15) is 9.59 Å². The van der Waals surface area contributed by atoms with Crippen molar-refractivity contribution < 1.29 is 19.4 Å². The smallest absolute Gasteiger partial charge is 0.336 e. The molecule has 0 heterocycles. The van der Waals surface area contributed by atoms with Crippen molar-refractivity contribution in [3.8, 4) is 5.75 Å². The molecule has 1 amide bonds. The number of carboxylic acid groups (broad SMARTS) is 1. The number of nitrogens with one attached hydrogen (secondary N) is 2. The Bertz CT molecular complexity index is 762. The third-order valence-corrected chi connectivity index (χ3v) is 3.38. The van der Waals surface area contributed by atoms with E-state index in [4.69, 9.17) is 22.1 Å². The summed E-state index contributed by atoms with van der Waals surface area (Å²) in [5, 5.41) is 14.5. The molecule has 0 atom stereocenters. The summed E-state index contributed by atoms with van der Waals surface area (Å²) in [5.74, 6) is -0.859. The van der Waals surface area contributed by atoms with Gasteiger partial charge < -0.3 is 15.2 Å². The fourth-order valence-corrected chi connectivity index (χ4v) is 2.21. The maximum atomic E-state index is 11.8. The highest BCUT2D eigenvalue weighted by atomic mass is 32.1. The Balaban J connectivity index is 1.90. The largest absolute Gasteiger partial charge is 0.484 e. The molecule has 3 N–H and O–H groups in total. The standard InChI is InChI=1S/C17H16N2O4S/c1-11-13(16(21)22)8-5-9-14(11)18-17(24)19-15(20)10-23-12-6-3-2-4-7-12/h2-9H,10H2,1H3,(H,21,22)(H2,18,19,20,24). The number of aromatic carboxylic acids is 1. The van der Waals surface area contributed by atoms with Gasteiger partial charge in [-0.25, -0.2) is 4.79 Å². The van der Waals surface area contributed by atoms with Crippen molar-refractivity contribution in [3.05, 3.63) is 59.7 Å². The van der Waals surface area contributed by atoms with E-state index in [1.54, 1.807) is 43.3 Å². The molecule has 6 nitrogen and oxygen atoms in total. The summed E-state index contributed by atoms with van der Waals surface area (Å²) in [6.45, 7) is 1.48. The van der Waals surface area contributed by atoms with Gasteiger partial charge >= 0.3 is 5.97 Å². The Morgan fingerprint density at radius 3 is 2.50 bits per heavy atom. The molecule has 2 aromatic rings. The average Bonchev–Trinajstić information content (AvgIpc) is 2.55. The fourth-order valence-electron chi connectivity index (χ4n) is 1.98. The third-order valence-electron chi connectivity index (χ3n) is 3.18. The van der Waals surface area contributed by atoms with Gasteiger partial charge in [0.05, 0.1) is 5.56 Å². The summed E-state index contributed by atoms with van der Waals surface area (Å²) in [6.07, 6.45) is 0. The van der Waals surface area contributed by atoms with Crippen LogP contribution in [0.4, 0.5) is 5.69 Å². The Morgan fingerprint density at radius 1 is 1.12 bits per heavy atom. The molecule has 0 aromatic heterocycles. The predicted octanol–water partition coefficient (Wildman–Crippen LogP) is 2.59. The molecule has 0 fully saturated rings. The van der Waals surface area contributed by atoms with E-state index in [-0.39, 0.29) is 17.3 Å². The van der Waals surface area contributed by atoms with Gasteiger partial charge in [0.15, 0.2) is 11.7 Å². The van der Waals surface area contributed by atoms with Gasteiger partial charge in [0.25, 0.3) is 5.91 Å². The first-order chi connectivity index (χ1) is 11.5. The first-order valence-corrected chi connectivity index (χ1v) is 7.50. The van der Waals surface area contributed by atoms with Crippen LogP contribution in [0.15, 0.2) is 48.5 Å². The molecular weight excluding hydrogens is 328 g/mol. The Kier molecular flexibility index (Phi) is 5.86. The van der Waals surface area contributed by atoms with Crippen molar-refractivity contribution >= 4 is 34.9 Å². The number of carboxylic acids is 1. The van der Waals surface area contributed by atoms with Crippen LogP contribution >= 0.6 is 12.2 Å². The lowest BCUT2D eigenvalue weighted by atomic mass is 10.1. The minimum absolute atomic E-state index is 0.0716. The fraction of sp³-hybridized carbons (Fsp3) is 0.118. The zero-order valence-electron chi connectivity index (χ0n) is 12.9. The van der Waals surface area contributed by atoms with Crippen molar-refractivity contribution in [3.63, 3.8) is 0 Å². The van der Waals surface area contributed by atoms with Crippen LogP contribution < -0.4 is 15.4 Å². The minimum atomic E-state index is -1.03. The van der Waals surface area contributed by atoms with Crippen LogP contribution in [0.2, 0.25) is 0 Å². The molecule has 0 bridgehead atoms. The lowest BCUT2D eigenvalue weighted by molar-refractivity contribution is -0.121. The molecule has 0 saturated carbocycles. The number of carbonyl (C=O) groups is 2. The van der Waals surface area contributed by atoms with Gasteiger partial charge in [-0.1, -0.05) is 24.3 Å². The molecular formula is C17H16N2O4S. The maximum absolute atomic E-state index is 11.8. The van der Waals surface area contributed by atoms with Gasteiger partial charge in [-0.3, -0.25) is 10.1 Å². The van der Waals surface area contributed by atoms with Crippen LogP contribution in [0.25, 0.3) is 0 Å². The average molecular weight is 344 g/mol. The summed E-state index contributed by atoms with van der Waals surface area (Å²) in [6, 6.07) is 13.7. The molecule has 124 valence electrons. The van der Waals surface area contributed by atoms with Crippen molar-refractivity contribution in [1.82, 2.24) is 5.32 Å². The monoisotopic (exact) mass is 344 g/mol. The number of benzene rings is 2. The van der Waals surface area contributed by atoms with Crippen LogP contribution in [0.5, 0.6) is 5.75 Å². The summed E-state index contributed by atoms with van der Waals surface area (Å²) in [4.78, 5) is 22.9. The van der Waals surface area contributed by atoms with Crippen LogP contribution in [-0.2, 0) is 4.79 Å². The number of thiocarbonyl (C=S) groups is 1. The SMILES string of the molecule is Cc1c(NC(=S)NC(=O)COc2ccccc2)cccc1C(=O)O. The lowest BCUT2D eigenvalue weighted by Gasteiger charge is -2.13. The van der Waals surface area contributed by atoms with Gasteiger partial charge in [-0.2, -0.15) is 0 Å². The van der Waals surface area contributed by atoms with Crippen molar-refractivity contribution in [2.45, 2.75) is 6.92 Å². The molecule has 7 heteroatoms. The van der Waals surface area contributed by atoms with Gasteiger partial charge in [0, 0.05) is 5.69 Å². The number of anilines is 1. The van der Waals surface area contributed by atoms with Gasteiger partial charge in [0.2, 0.25) is 0 Å². The van der Waals surface area contributed by atoms with Crippen LogP contribution in [0.1, 0.15) is 15.9 Å². The number of hydrogen-bond donors (Lipinski definition) is 3. The number of carbonyl (C=O) groups excluding carboxylic acids is 1. The van der Waals surface area contributed by atoms with E-state index in [2.05, 4.69) is 10.6 Å². The first kappa shape index (κ1) is 17.4. The number of hydrogen-bond acceptors (Lipinski definition) is 4. The predicted molar refractivity (Wildman–Crippen MR) is 94.4 cm³/mol. The van der Waals surface area contributed by atoms with E-state index in [0.29, 0.717) is 17.0 Å². The zero-order valence-corrected chi connectivity index (χ0v) is 13.7. The second-order valence-electron chi connectivity index (χ2n) is 4.89. The highest BCUT2D eigenvalue weighted by Crippen LogP contribution is 2.18. The topological polar surface area (TPSA) is 87.7 Å². The molecule has 2 rings (SSSR count). The Hall–Kier alpha value is -2.93. The number of para-hydroxylation sites is 1. The van der Waals surface area contributed by atoms with Crippen molar-refractivity contribution in [2.75, 3.05) is 11.9 Å². The molecule has 0 unspecified atom stereocenters. The normalized spacial score (nSPS) is 9.88. The molecule has 0 saturated heterocycles. The van der Waals surface area contributed by atoms with Crippen LogP contribution in [-0.4, -0.2) is 28.7 Å². The van der Waals surface area contributed by atoms with Crippen LogP contribution in [0.3, 0.4) is 0 Å². The van der Waals surface area contributed by atoms with E-state index < -0.39 is 11.9 Å². The number of amides is 1. The first-order valence-electron chi connectivity index (χ1n) is 7.09. The number of ether oxygens (including phenoxy) is 1. The quantitative estimate of drug-likeness (QED) is 0.723. The molecule has 0 radical (unpaired) electrons. The Labute approximate surface area is 144 Å². The lowest BCUT2D eigenvalue weighted by Crippen LogP contribution is -2.37. The summed E-state index contributed by atoms with van der Waals surface area (Å²) < 4.78 is 5.32. The molecule has 0 aliphatic heterocycles. The van der Waals surface area contributed by atoms with Gasteiger partial charge in [-0.05, 0) is 49.0 Å². The van der Waals surface area contributed by atoms with Crippen LogP contribution in [0, 0.1) is 6.92 Å². The highest BCUT2D eigenvalue weighted by Gasteiger charge is 2.12. The molecule has 0 aliphatic carbocycles. The molecule has 0 aliphatic rings. The summed E-state index contributed by atoms with van der Waals surface area (Å²) in [5.41, 5.74) is 1.22. The zero-order chi connectivity index (χ0) is 17.5. The summed E-state index contributed by atoms with van der Waals surface area (Å²) >= 11 is 5.07. The highest BCUT2D eigenvalue weighted by molar-refractivity contribution is 7.80. The maximum Gasteiger partial charge on any atom is 0.336 e. The van der Waals surface area contributed by atoms with Gasteiger partial charge in [-0.15, -0.1) is 0 Å². The van der Waals surface area contributed by atoms with Crippen molar-refractivity contribution in [1.29, 1.82) is 0 Å². The number of rotatable bonds is 5. The van der Waals surface area contributed by atoms with E-state index >= 15 is 0 Å². The second kappa shape index (κ2) is 8.07. The Morgan fingerprint density at radius 2 is 1.83 bits per heavy atom. The minimum Gasteiger partial charge on any atom is -0.484 e. The van der Waals surface area contributed by atoms with Crippen molar-refractivity contribution in [2.24, 2.45) is 0 Å². The third kappa shape index (κ3) is 4.79. The van der Waals surface area contributed by atoms with Gasteiger partial charge in [0.1, 0.15) is 5.75 Å². The second-order valence-corrected chi connectivity index (χ2v) is 5.30. The molecule has 2 aromatic carbocycles.